The molecule has 1 amide bonds. The minimum absolute atomic E-state index is 0. The maximum absolute atomic E-state index is 13.7. The summed E-state index contributed by atoms with van der Waals surface area (Å²) in [6, 6.07) is 2.61. The van der Waals surface area contributed by atoms with E-state index in [1.54, 1.807) is 0 Å². The second-order valence-corrected chi connectivity index (χ2v) is 4.81. The summed E-state index contributed by atoms with van der Waals surface area (Å²) in [5.41, 5.74) is -0.352. The summed E-state index contributed by atoms with van der Waals surface area (Å²) >= 11 is 0. The average Bonchev–Trinajstić information content (AvgIpc) is 2.26. The van der Waals surface area contributed by atoms with Gasteiger partial charge in [0.25, 0.3) is 0 Å². The molecule has 100 valence electrons. The molecule has 6 heteroatoms. The summed E-state index contributed by atoms with van der Waals surface area (Å²) in [6.07, 6.45) is -0.613. The number of carbonyl (C=O) groups is 1. The smallest absolute Gasteiger partial charge is 0.407 e. The normalized spacial score (nSPS) is 21.6. The lowest BCUT2D eigenvalue weighted by Crippen LogP contribution is -2.47. The number of nitrogens with one attached hydrogen (secondary N) is 1. The predicted molar refractivity (Wildman–Crippen MR) is 64.6 cm³/mol. The fourth-order valence-corrected chi connectivity index (χ4v) is 1.92. The summed E-state index contributed by atoms with van der Waals surface area (Å²) in [7, 11) is 0. The molecular weight excluding hydrogens is 264 g/mol. The first-order valence-corrected chi connectivity index (χ1v) is 5.28. The van der Waals surface area contributed by atoms with Crippen LogP contribution in [0.4, 0.5) is 13.6 Å². The van der Waals surface area contributed by atoms with Crippen molar-refractivity contribution in [2.24, 2.45) is 5.41 Å². The quantitative estimate of drug-likeness (QED) is 0.856. The van der Waals surface area contributed by atoms with Gasteiger partial charge in [-0.25, -0.2) is 13.6 Å². The molecule has 18 heavy (non-hydrogen) atoms. The zero-order valence-corrected chi connectivity index (χ0v) is 10.8. The first-order valence-electron chi connectivity index (χ1n) is 5.28. The number of cyclic esters (lactones) is 1. The van der Waals surface area contributed by atoms with Crippen molar-refractivity contribution in [3.05, 3.63) is 35.4 Å². The van der Waals surface area contributed by atoms with Gasteiger partial charge >= 0.3 is 6.09 Å². The molecule has 1 atom stereocenters. The summed E-state index contributed by atoms with van der Waals surface area (Å²) in [5.74, 6) is -1.07. The minimum Gasteiger partial charge on any atom is -0.449 e. The molecule has 1 N–H and O–H groups in total. The fraction of sp³-hybridized carbons (Fsp3) is 0.417. The largest absolute Gasteiger partial charge is 0.449 e. The highest BCUT2D eigenvalue weighted by Gasteiger charge is 2.39. The van der Waals surface area contributed by atoms with Crippen LogP contribution >= 0.6 is 12.4 Å². The summed E-state index contributed by atoms with van der Waals surface area (Å²) in [4.78, 5) is 11.2. The van der Waals surface area contributed by atoms with Crippen molar-refractivity contribution in [1.29, 1.82) is 0 Å². The van der Waals surface area contributed by atoms with Crippen molar-refractivity contribution in [2.45, 2.75) is 19.9 Å². The molecule has 0 spiro atoms. The number of hydrogen-bond acceptors (Lipinski definition) is 2. The van der Waals surface area contributed by atoms with Crippen LogP contribution in [0.15, 0.2) is 18.2 Å². The minimum atomic E-state index is -0.613. The second kappa shape index (κ2) is 5.10. The number of amides is 1. The Balaban J connectivity index is 0.00000162. The SMILES string of the molecule is CC1(C)COC(=O)N[C@H]1c1cc(F)ccc1F.Cl. The highest BCUT2D eigenvalue weighted by molar-refractivity contribution is 5.85. The van der Waals surface area contributed by atoms with Gasteiger partial charge < -0.3 is 10.1 Å². The van der Waals surface area contributed by atoms with Crippen molar-refractivity contribution in [3.8, 4) is 0 Å². The van der Waals surface area contributed by atoms with E-state index in [0.717, 1.165) is 18.2 Å². The molecule has 1 aromatic rings. The first-order chi connectivity index (χ1) is 7.90. The van der Waals surface area contributed by atoms with Gasteiger partial charge in [0.15, 0.2) is 0 Å². The lowest BCUT2D eigenvalue weighted by atomic mass is 9.80. The topological polar surface area (TPSA) is 38.3 Å². The van der Waals surface area contributed by atoms with E-state index in [2.05, 4.69) is 5.32 Å². The molecule has 1 fully saturated rings. The maximum atomic E-state index is 13.7. The Bertz CT molecular complexity index is 465. The van der Waals surface area contributed by atoms with Crippen molar-refractivity contribution >= 4 is 18.5 Å². The number of ether oxygens (including phenoxy) is 1. The van der Waals surface area contributed by atoms with Gasteiger partial charge in [-0.3, -0.25) is 0 Å². The van der Waals surface area contributed by atoms with Crippen molar-refractivity contribution in [3.63, 3.8) is 0 Å². The van der Waals surface area contributed by atoms with Crippen LogP contribution in [-0.4, -0.2) is 12.7 Å². The predicted octanol–water partition coefficient (Wildman–Crippen LogP) is 3.19. The molecule has 1 aliphatic heterocycles. The van der Waals surface area contributed by atoms with Gasteiger partial charge in [-0.1, -0.05) is 13.8 Å². The molecule has 0 saturated carbocycles. The third-order valence-electron chi connectivity index (χ3n) is 2.89. The maximum Gasteiger partial charge on any atom is 0.407 e. The molecule has 0 aromatic heterocycles. The van der Waals surface area contributed by atoms with E-state index in [9.17, 15) is 13.6 Å². The van der Waals surface area contributed by atoms with Gasteiger partial charge in [0.1, 0.15) is 18.2 Å². The number of hydrogen-bond donors (Lipinski definition) is 1. The van der Waals surface area contributed by atoms with Gasteiger partial charge in [-0.2, -0.15) is 0 Å². The van der Waals surface area contributed by atoms with E-state index in [1.165, 1.54) is 0 Å². The number of rotatable bonds is 1. The Hall–Kier alpha value is -1.36. The van der Waals surface area contributed by atoms with Crippen molar-refractivity contribution in [1.82, 2.24) is 5.32 Å². The molecule has 2 rings (SSSR count). The Morgan fingerprint density at radius 3 is 2.72 bits per heavy atom. The molecule has 3 nitrogen and oxygen atoms in total. The van der Waals surface area contributed by atoms with Gasteiger partial charge in [0.05, 0.1) is 6.04 Å². The molecule has 0 radical (unpaired) electrons. The summed E-state index contributed by atoms with van der Waals surface area (Å²) < 4.78 is 31.7. The van der Waals surface area contributed by atoms with E-state index in [0.29, 0.717) is 0 Å². The average molecular weight is 278 g/mol. The van der Waals surface area contributed by atoms with Crippen molar-refractivity contribution in [2.75, 3.05) is 6.61 Å². The zero-order valence-electron chi connectivity index (χ0n) is 10.00. The van der Waals surface area contributed by atoms with E-state index in [1.807, 2.05) is 13.8 Å². The molecule has 1 aliphatic rings. The fourth-order valence-electron chi connectivity index (χ4n) is 1.92. The molecule has 1 heterocycles. The van der Waals surface area contributed by atoms with E-state index >= 15 is 0 Å². The summed E-state index contributed by atoms with van der Waals surface area (Å²) in [5, 5.41) is 2.52. The Kier molecular flexibility index (Phi) is 4.16. The van der Waals surface area contributed by atoms with Crippen LogP contribution in [0.25, 0.3) is 0 Å². The standard InChI is InChI=1S/C12H13F2NO2.ClH/c1-12(2)6-17-11(16)15-10(12)8-5-7(13)3-4-9(8)14;/h3-5,10H,6H2,1-2H3,(H,15,16);1H/t10-;/m0./s1. The Labute approximate surface area is 110 Å². The molecule has 0 unspecified atom stereocenters. The Morgan fingerprint density at radius 2 is 2.06 bits per heavy atom. The van der Waals surface area contributed by atoms with Crippen LogP contribution in [0, 0.1) is 17.0 Å². The van der Waals surface area contributed by atoms with Crippen LogP contribution < -0.4 is 5.32 Å². The number of benzene rings is 1. The van der Waals surface area contributed by atoms with Crippen LogP contribution in [0.5, 0.6) is 0 Å². The Morgan fingerprint density at radius 1 is 1.39 bits per heavy atom. The van der Waals surface area contributed by atoms with Crippen molar-refractivity contribution < 1.29 is 18.3 Å². The van der Waals surface area contributed by atoms with E-state index in [-0.39, 0.29) is 24.6 Å². The van der Waals surface area contributed by atoms with Crippen LogP contribution in [0.2, 0.25) is 0 Å². The number of carbonyl (C=O) groups excluding carboxylic acids is 1. The van der Waals surface area contributed by atoms with Gasteiger partial charge in [0, 0.05) is 11.0 Å². The molecule has 1 saturated heterocycles. The van der Waals surface area contributed by atoms with Crippen LogP contribution in [0.1, 0.15) is 25.5 Å². The van der Waals surface area contributed by atoms with Gasteiger partial charge in [-0.05, 0) is 18.2 Å². The number of halogens is 3. The monoisotopic (exact) mass is 277 g/mol. The lowest BCUT2D eigenvalue weighted by molar-refractivity contribution is 0.0377. The zero-order chi connectivity index (χ0) is 12.6. The second-order valence-electron chi connectivity index (χ2n) is 4.81. The number of alkyl carbamates (subject to hydrolysis) is 1. The first kappa shape index (κ1) is 14.7. The third kappa shape index (κ3) is 2.72. The molecule has 1 aromatic carbocycles. The molecule has 0 bridgehead atoms. The summed E-state index contributed by atoms with van der Waals surface area (Å²) in [6.45, 7) is 3.81. The third-order valence-corrected chi connectivity index (χ3v) is 2.89. The highest BCUT2D eigenvalue weighted by atomic mass is 35.5. The lowest BCUT2D eigenvalue weighted by Gasteiger charge is -2.38. The van der Waals surface area contributed by atoms with E-state index in [4.69, 9.17) is 4.74 Å². The van der Waals surface area contributed by atoms with Crippen LogP contribution in [0.3, 0.4) is 0 Å². The van der Waals surface area contributed by atoms with E-state index < -0.39 is 29.2 Å². The highest BCUT2D eigenvalue weighted by Crippen LogP contribution is 2.37. The molecule has 0 aliphatic carbocycles. The van der Waals surface area contributed by atoms with Gasteiger partial charge in [-0.15, -0.1) is 12.4 Å². The van der Waals surface area contributed by atoms with Gasteiger partial charge in [0.2, 0.25) is 0 Å². The van der Waals surface area contributed by atoms with Crippen LogP contribution in [-0.2, 0) is 4.74 Å². The molecular formula is C12H14ClF2NO2.